The van der Waals surface area contributed by atoms with Crippen LogP contribution in [0.2, 0.25) is 0 Å². The number of rotatable bonds is 18. The maximum atomic E-state index is 14.2. The number of hydrogen-bond donors (Lipinski definition) is 5. The van der Waals surface area contributed by atoms with E-state index in [1.165, 1.54) is 0 Å². The average molecular weight is 797 g/mol. The molecule has 2 heterocycles. The van der Waals surface area contributed by atoms with Gasteiger partial charge >= 0.3 is 0 Å². The van der Waals surface area contributed by atoms with E-state index in [-0.39, 0.29) is 23.7 Å². The first-order chi connectivity index (χ1) is 26.8. The monoisotopic (exact) mass is 796 g/mol. The van der Waals surface area contributed by atoms with E-state index in [4.69, 9.17) is 24.4 Å². The zero-order chi connectivity index (χ0) is 40.6. The number of hydrogen-bond acceptors (Lipinski definition) is 7. The predicted octanol–water partition coefficient (Wildman–Crippen LogP) is 4.65. The lowest BCUT2D eigenvalue weighted by atomic mass is 9.91. The molecular formula is C43H56N8O3S2. The number of aromatic nitrogens is 2. The zero-order valence-corrected chi connectivity index (χ0v) is 34.8. The second-order valence-corrected chi connectivity index (χ2v) is 15.6. The molecule has 2 amide bonds. The smallest absolute Gasteiger partial charge is 0.243 e. The molecule has 0 saturated carbocycles. The van der Waals surface area contributed by atoms with Gasteiger partial charge in [0, 0.05) is 26.5 Å². The van der Waals surface area contributed by atoms with Crippen LogP contribution in [-0.2, 0) is 35.5 Å². The molecule has 298 valence electrons. The maximum Gasteiger partial charge on any atom is 0.243 e. The standard InChI is InChI=1S/C43H56N8O3S2/c1-29(2)37(48-42(55)50(5)27-33-21-13-15-23-44-33)40(53)46-35(25-31-17-9-7-10-18-31)39(52)36(26-32-19-11-8-12-20-32)47-41(54)38(30(3)4)49-43(56)51(6)28-34-22-14-16-24-45-34/h7-24,29-30,35-39,52H,25-28H2,1-6H3,(H,46,53)(H,47,54)(H,48,55)(H,49,56)/t35-,36-,37-,38-/m0/s1. The van der Waals surface area contributed by atoms with E-state index < -0.39 is 30.3 Å². The number of nitrogens with zero attached hydrogens (tertiary/aromatic N) is 4. The van der Waals surface area contributed by atoms with Gasteiger partial charge in [-0.05, 0) is 84.5 Å². The van der Waals surface area contributed by atoms with Crippen LogP contribution in [0, 0.1) is 11.8 Å². The Kier molecular flexibility index (Phi) is 17.1. The third kappa shape index (κ3) is 13.6. The summed E-state index contributed by atoms with van der Waals surface area (Å²) in [5.41, 5.74) is 3.53. The van der Waals surface area contributed by atoms with Gasteiger partial charge in [-0.15, -0.1) is 0 Å². The number of pyridine rings is 2. The molecule has 11 nitrogen and oxygen atoms in total. The lowest BCUT2D eigenvalue weighted by Crippen LogP contribution is -2.62. The molecular weight excluding hydrogens is 741 g/mol. The lowest BCUT2D eigenvalue weighted by molar-refractivity contribution is -0.126. The zero-order valence-electron chi connectivity index (χ0n) is 33.1. The summed E-state index contributed by atoms with van der Waals surface area (Å²) in [7, 11) is 3.70. The second kappa shape index (κ2) is 21.9. The number of aliphatic hydroxyl groups excluding tert-OH is 1. The fraction of sp³-hybridized carbons (Fsp3) is 0.395. The SMILES string of the molecule is CC(C)[C@H](NC(=S)N(C)Cc1ccccn1)C(=O)N[C@@H](Cc1ccccc1)C(O)[C@H](Cc1ccccc1)NC(=O)[C@@H](NC(=S)N(C)Cc1ccccn1)C(C)C. The van der Waals surface area contributed by atoms with Gasteiger partial charge in [0.2, 0.25) is 11.8 Å². The first kappa shape index (κ1) is 43.7. The van der Waals surface area contributed by atoms with Crippen LogP contribution in [-0.4, -0.2) is 91.3 Å². The highest BCUT2D eigenvalue weighted by Gasteiger charge is 2.35. The van der Waals surface area contributed by atoms with Crippen molar-refractivity contribution in [1.29, 1.82) is 0 Å². The van der Waals surface area contributed by atoms with E-state index in [0.29, 0.717) is 36.2 Å². The van der Waals surface area contributed by atoms with Crippen molar-refractivity contribution in [2.75, 3.05) is 14.1 Å². The van der Waals surface area contributed by atoms with E-state index >= 15 is 0 Å². The van der Waals surface area contributed by atoms with Crippen LogP contribution in [0.25, 0.3) is 0 Å². The Hall–Kier alpha value is -4.98. The first-order valence-electron chi connectivity index (χ1n) is 19.0. The molecule has 0 fully saturated rings. The van der Waals surface area contributed by atoms with Crippen molar-refractivity contribution in [2.45, 2.75) is 83.9 Å². The Labute approximate surface area is 342 Å². The molecule has 2 aromatic heterocycles. The van der Waals surface area contributed by atoms with Crippen molar-refractivity contribution in [3.8, 4) is 0 Å². The highest BCUT2D eigenvalue weighted by Crippen LogP contribution is 2.16. The van der Waals surface area contributed by atoms with Crippen LogP contribution in [0.1, 0.15) is 50.2 Å². The summed E-state index contributed by atoms with van der Waals surface area (Å²) >= 11 is 11.5. The van der Waals surface area contributed by atoms with Gasteiger partial charge in [0.1, 0.15) is 12.1 Å². The second-order valence-electron chi connectivity index (χ2n) is 14.8. The third-order valence-corrected chi connectivity index (χ3v) is 10.3. The molecule has 0 spiro atoms. The van der Waals surface area contributed by atoms with Crippen molar-refractivity contribution in [3.63, 3.8) is 0 Å². The summed E-state index contributed by atoms with van der Waals surface area (Å²) in [4.78, 5) is 40.9. The number of amides is 2. The molecule has 2 aromatic carbocycles. The minimum Gasteiger partial charge on any atom is -0.389 e. The van der Waals surface area contributed by atoms with Crippen LogP contribution in [0.3, 0.4) is 0 Å². The Morgan fingerprint density at radius 1 is 0.589 bits per heavy atom. The third-order valence-electron chi connectivity index (χ3n) is 9.48. The number of carbonyl (C=O) groups is 2. The predicted molar refractivity (Wildman–Crippen MR) is 230 cm³/mol. The molecule has 0 aliphatic rings. The van der Waals surface area contributed by atoms with Crippen molar-refractivity contribution in [3.05, 3.63) is 132 Å². The van der Waals surface area contributed by atoms with Crippen molar-refractivity contribution >= 4 is 46.5 Å². The minimum atomic E-state index is -1.19. The quantitative estimate of drug-likeness (QED) is 0.0902. The number of aliphatic hydroxyl groups is 1. The largest absolute Gasteiger partial charge is 0.389 e. The topological polar surface area (TPSA) is 135 Å². The summed E-state index contributed by atoms with van der Waals surface area (Å²) in [5.74, 6) is -0.936. The maximum absolute atomic E-state index is 14.2. The van der Waals surface area contributed by atoms with Crippen LogP contribution in [0.5, 0.6) is 0 Å². The molecule has 0 bridgehead atoms. The van der Waals surface area contributed by atoms with Gasteiger partial charge < -0.3 is 36.2 Å². The molecule has 4 aromatic rings. The summed E-state index contributed by atoms with van der Waals surface area (Å²) in [6.07, 6.45) is 2.90. The highest BCUT2D eigenvalue weighted by atomic mass is 32.1. The Bertz CT molecular complexity index is 1690. The van der Waals surface area contributed by atoms with Crippen LogP contribution in [0.4, 0.5) is 0 Å². The van der Waals surface area contributed by atoms with Crippen molar-refractivity contribution in [2.24, 2.45) is 11.8 Å². The van der Waals surface area contributed by atoms with Crippen LogP contribution >= 0.6 is 24.4 Å². The normalized spacial score (nSPS) is 13.3. The molecule has 0 saturated heterocycles. The lowest BCUT2D eigenvalue weighted by Gasteiger charge is -2.35. The number of carbonyl (C=O) groups excluding carboxylic acids is 2. The van der Waals surface area contributed by atoms with Gasteiger partial charge in [0.15, 0.2) is 10.2 Å². The molecule has 0 aliphatic carbocycles. The first-order valence-corrected chi connectivity index (χ1v) is 19.8. The fourth-order valence-electron chi connectivity index (χ4n) is 6.25. The summed E-state index contributed by atoms with van der Waals surface area (Å²) in [5, 5.41) is 26.0. The summed E-state index contributed by atoms with van der Waals surface area (Å²) in [6.45, 7) is 8.70. The molecule has 56 heavy (non-hydrogen) atoms. The molecule has 5 N–H and O–H groups in total. The molecule has 0 aliphatic heterocycles. The van der Waals surface area contributed by atoms with E-state index in [0.717, 1.165) is 22.5 Å². The average Bonchev–Trinajstić information content (AvgIpc) is 3.19. The summed E-state index contributed by atoms with van der Waals surface area (Å²) < 4.78 is 0. The minimum absolute atomic E-state index is 0.150. The molecule has 13 heteroatoms. The number of nitrogens with one attached hydrogen (secondary N) is 4. The molecule has 4 atom stereocenters. The van der Waals surface area contributed by atoms with Gasteiger partial charge in [-0.3, -0.25) is 19.6 Å². The van der Waals surface area contributed by atoms with E-state index in [9.17, 15) is 14.7 Å². The number of benzene rings is 2. The van der Waals surface area contributed by atoms with E-state index in [1.807, 2.05) is 149 Å². The fourth-order valence-corrected chi connectivity index (χ4v) is 6.63. The van der Waals surface area contributed by atoms with E-state index in [1.54, 1.807) is 12.4 Å². The van der Waals surface area contributed by atoms with Gasteiger partial charge in [-0.1, -0.05) is 100 Å². The molecule has 4 rings (SSSR count). The van der Waals surface area contributed by atoms with E-state index in [2.05, 4.69) is 31.2 Å². The Morgan fingerprint density at radius 3 is 1.27 bits per heavy atom. The summed E-state index contributed by atoms with van der Waals surface area (Å²) in [6, 6.07) is 27.8. The van der Waals surface area contributed by atoms with Gasteiger partial charge in [0.05, 0.1) is 42.7 Å². The van der Waals surface area contributed by atoms with Crippen molar-refractivity contribution in [1.82, 2.24) is 41.0 Å². The van der Waals surface area contributed by atoms with Crippen molar-refractivity contribution < 1.29 is 14.7 Å². The number of thiocarbonyl (C=S) groups is 2. The van der Waals surface area contributed by atoms with Gasteiger partial charge in [-0.2, -0.15) is 0 Å². The van der Waals surface area contributed by atoms with Gasteiger partial charge in [-0.25, -0.2) is 0 Å². The highest BCUT2D eigenvalue weighted by molar-refractivity contribution is 7.80. The Morgan fingerprint density at radius 2 is 0.946 bits per heavy atom. The van der Waals surface area contributed by atoms with Crippen LogP contribution in [0.15, 0.2) is 109 Å². The van der Waals surface area contributed by atoms with Crippen LogP contribution < -0.4 is 21.3 Å². The Balaban J connectivity index is 1.57. The molecule has 0 radical (unpaired) electrons. The molecule has 0 unspecified atom stereocenters. The van der Waals surface area contributed by atoms with Gasteiger partial charge in [0.25, 0.3) is 0 Å².